The number of carbonyl (C=O) groups excluding carboxylic acids is 2. The molecule has 3 aromatic carbocycles. The van der Waals surface area contributed by atoms with Crippen LogP contribution in [0.5, 0.6) is 5.75 Å². The van der Waals surface area contributed by atoms with Crippen LogP contribution >= 0.6 is 39.1 Å². The summed E-state index contributed by atoms with van der Waals surface area (Å²) in [5.74, 6) is -0.0369. The maximum absolute atomic E-state index is 13.4. The Bertz CT molecular complexity index is 1170. The van der Waals surface area contributed by atoms with E-state index in [2.05, 4.69) is 21.2 Å². The number of nitrogens with zero attached hydrogens (tertiary/aromatic N) is 1. The van der Waals surface area contributed by atoms with E-state index in [-0.39, 0.29) is 31.0 Å². The molecule has 0 aliphatic carbocycles. The van der Waals surface area contributed by atoms with Crippen molar-refractivity contribution in [3.8, 4) is 5.75 Å². The molecule has 0 bridgehead atoms. The summed E-state index contributed by atoms with van der Waals surface area (Å²) in [6, 6.07) is 16.0. The van der Waals surface area contributed by atoms with E-state index in [0.717, 1.165) is 15.2 Å². The fourth-order valence-electron chi connectivity index (χ4n) is 3.70. The summed E-state index contributed by atoms with van der Waals surface area (Å²) in [7, 11) is 0. The molecule has 0 saturated carbocycles. The first kappa shape index (κ1) is 26.3. The molecule has 0 aliphatic rings. The van der Waals surface area contributed by atoms with Crippen molar-refractivity contribution in [2.45, 2.75) is 45.8 Å². The van der Waals surface area contributed by atoms with Crippen LogP contribution in [0.2, 0.25) is 10.0 Å². The summed E-state index contributed by atoms with van der Waals surface area (Å²) >= 11 is 16.3. The Morgan fingerprint density at radius 1 is 1.03 bits per heavy atom. The Hall–Kier alpha value is -2.28. The molecule has 8 heteroatoms. The monoisotopic (exact) mass is 564 g/mol. The lowest BCUT2D eigenvalue weighted by molar-refractivity contribution is -0.143. The molecule has 3 aromatic rings. The highest BCUT2D eigenvalue weighted by molar-refractivity contribution is 9.10. The first-order valence-electron chi connectivity index (χ1n) is 11.1. The van der Waals surface area contributed by atoms with Crippen molar-refractivity contribution >= 4 is 61.7 Å². The van der Waals surface area contributed by atoms with Crippen molar-refractivity contribution in [3.63, 3.8) is 0 Å². The number of benzene rings is 3. The van der Waals surface area contributed by atoms with Crippen molar-refractivity contribution in [2.75, 3.05) is 6.61 Å². The van der Waals surface area contributed by atoms with Crippen molar-refractivity contribution in [1.29, 1.82) is 0 Å². The molecular weight excluding hydrogens is 539 g/mol. The highest BCUT2D eigenvalue weighted by Crippen LogP contribution is 2.33. The van der Waals surface area contributed by atoms with Crippen LogP contribution in [0.3, 0.4) is 0 Å². The molecule has 0 spiro atoms. The van der Waals surface area contributed by atoms with Crippen LogP contribution in [0, 0.1) is 0 Å². The third-order valence-electron chi connectivity index (χ3n) is 5.39. The Morgan fingerprint density at radius 3 is 2.35 bits per heavy atom. The molecular formula is C26H27BrCl2N2O3. The van der Waals surface area contributed by atoms with Gasteiger partial charge in [0, 0.05) is 28.2 Å². The van der Waals surface area contributed by atoms with E-state index in [1.165, 1.54) is 4.90 Å². The molecule has 34 heavy (non-hydrogen) atoms. The van der Waals surface area contributed by atoms with Crippen molar-refractivity contribution < 1.29 is 14.3 Å². The number of hydrogen-bond acceptors (Lipinski definition) is 3. The fourth-order valence-corrected chi connectivity index (χ4v) is 4.83. The summed E-state index contributed by atoms with van der Waals surface area (Å²) in [4.78, 5) is 27.9. The second-order valence-corrected chi connectivity index (χ2v) is 9.80. The highest BCUT2D eigenvalue weighted by Gasteiger charge is 2.30. The van der Waals surface area contributed by atoms with Gasteiger partial charge in [-0.25, -0.2) is 0 Å². The number of rotatable bonds is 9. The van der Waals surface area contributed by atoms with Gasteiger partial charge in [0.05, 0.1) is 4.47 Å². The van der Waals surface area contributed by atoms with E-state index < -0.39 is 6.04 Å². The van der Waals surface area contributed by atoms with Crippen molar-refractivity contribution in [3.05, 3.63) is 74.7 Å². The molecule has 5 nitrogen and oxygen atoms in total. The molecule has 1 atom stereocenters. The Kier molecular flexibility index (Phi) is 9.23. The number of carbonyl (C=O) groups is 2. The summed E-state index contributed by atoms with van der Waals surface area (Å²) in [6.45, 7) is 5.46. The fraction of sp³-hybridized carbons (Fsp3) is 0.308. The van der Waals surface area contributed by atoms with E-state index in [9.17, 15) is 9.59 Å². The van der Waals surface area contributed by atoms with E-state index in [1.807, 2.05) is 57.2 Å². The number of fused-ring (bicyclic) bond motifs is 1. The number of nitrogens with one attached hydrogen (secondary N) is 1. The third kappa shape index (κ3) is 6.23. The molecule has 0 aliphatic heterocycles. The second kappa shape index (κ2) is 11.9. The van der Waals surface area contributed by atoms with Gasteiger partial charge in [0.2, 0.25) is 5.91 Å². The number of amides is 2. The minimum absolute atomic E-state index is 0.0628. The zero-order valence-corrected chi connectivity index (χ0v) is 22.4. The maximum Gasteiger partial charge on any atom is 0.261 e. The second-order valence-electron chi connectivity index (χ2n) is 8.20. The van der Waals surface area contributed by atoms with Gasteiger partial charge in [-0.15, -0.1) is 0 Å². The molecule has 0 radical (unpaired) electrons. The normalized spacial score (nSPS) is 12.0. The van der Waals surface area contributed by atoms with Crippen LogP contribution < -0.4 is 10.1 Å². The van der Waals surface area contributed by atoms with E-state index in [1.54, 1.807) is 18.2 Å². The molecule has 3 rings (SSSR count). The van der Waals surface area contributed by atoms with Gasteiger partial charge in [0.15, 0.2) is 6.61 Å². The molecule has 0 heterocycles. The standard InChI is InChI=1S/C26H27BrCl2N2O3/c1-4-22(26(33)30-16(2)3)31(14-19-20(28)10-7-11-21(19)29)24(32)15-34-23-13-12-17-8-5-6-9-18(17)25(23)27/h5-13,16,22H,4,14-15H2,1-3H3,(H,30,33)/t22-/m0/s1. The number of hydrogen-bond donors (Lipinski definition) is 1. The van der Waals surface area contributed by atoms with Gasteiger partial charge < -0.3 is 15.0 Å². The lowest BCUT2D eigenvalue weighted by Crippen LogP contribution is -2.51. The lowest BCUT2D eigenvalue weighted by atomic mass is 10.1. The molecule has 0 saturated heterocycles. The SMILES string of the molecule is CC[C@@H](C(=O)NC(C)C)N(Cc1c(Cl)cccc1Cl)C(=O)COc1ccc2ccccc2c1Br. The summed E-state index contributed by atoms with van der Waals surface area (Å²) in [5, 5.41) is 5.80. The van der Waals surface area contributed by atoms with Crippen LogP contribution in [-0.4, -0.2) is 35.4 Å². The zero-order chi connectivity index (χ0) is 24.8. The van der Waals surface area contributed by atoms with Gasteiger partial charge in [-0.05, 0) is 65.2 Å². The van der Waals surface area contributed by atoms with Crippen LogP contribution in [-0.2, 0) is 16.1 Å². The van der Waals surface area contributed by atoms with Gasteiger partial charge in [-0.1, -0.05) is 66.5 Å². The summed E-state index contributed by atoms with van der Waals surface area (Å²) in [5.41, 5.74) is 0.585. The van der Waals surface area contributed by atoms with Crippen LogP contribution in [0.25, 0.3) is 10.8 Å². The minimum atomic E-state index is -0.703. The average Bonchev–Trinajstić information content (AvgIpc) is 2.80. The van der Waals surface area contributed by atoms with E-state index >= 15 is 0 Å². The smallest absolute Gasteiger partial charge is 0.261 e. The van der Waals surface area contributed by atoms with Gasteiger partial charge in [0.25, 0.3) is 5.91 Å². The first-order chi connectivity index (χ1) is 16.2. The predicted octanol–water partition coefficient (Wildman–Crippen LogP) is 6.62. The summed E-state index contributed by atoms with van der Waals surface area (Å²) in [6.07, 6.45) is 0.423. The van der Waals surface area contributed by atoms with Gasteiger partial charge in [-0.3, -0.25) is 9.59 Å². The van der Waals surface area contributed by atoms with E-state index in [0.29, 0.717) is 27.8 Å². The lowest BCUT2D eigenvalue weighted by Gasteiger charge is -2.31. The molecule has 0 aromatic heterocycles. The number of ether oxygens (including phenoxy) is 1. The van der Waals surface area contributed by atoms with Crippen LogP contribution in [0.1, 0.15) is 32.8 Å². The molecule has 1 N–H and O–H groups in total. The minimum Gasteiger partial charge on any atom is -0.483 e. The maximum atomic E-state index is 13.4. The quantitative estimate of drug-likeness (QED) is 0.317. The zero-order valence-electron chi connectivity index (χ0n) is 19.3. The van der Waals surface area contributed by atoms with E-state index in [4.69, 9.17) is 27.9 Å². The predicted molar refractivity (Wildman–Crippen MR) is 142 cm³/mol. The van der Waals surface area contributed by atoms with Crippen molar-refractivity contribution in [2.24, 2.45) is 0 Å². The molecule has 180 valence electrons. The largest absolute Gasteiger partial charge is 0.483 e. The third-order valence-corrected chi connectivity index (χ3v) is 6.91. The highest BCUT2D eigenvalue weighted by atomic mass is 79.9. The Morgan fingerprint density at radius 2 is 1.71 bits per heavy atom. The Labute approximate surface area is 218 Å². The molecule has 2 amide bonds. The number of halogens is 3. The van der Waals surface area contributed by atoms with Gasteiger partial charge in [0.1, 0.15) is 11.8 Å². The Balaban J connectivity index is 1.88. The van der Waals surface area contributed by atoms with Crippen molar-refractivity contribution in [1.82, 2.24) is 10.2 Å². The van der Waals surface area contributed by atoms with Gasteiger partial charge in [-0.2, -0.15) is 0 Å². The molecule has 0 unspecified atom stereocenters. The van der Waals surface area contributed by atoms with Crippen LogP contribution in [0.15, 0.2) is 59.1 Å². The first-order valence-corrected chi connectivity index (χ1v) is 12.6. The average molecular weight is 566 g/mol. The summed E-state index contributed by atoms with van der Waals surface area (Å²) < 4.78 is 6.67. The molecule has 0 fully saturated rings. The van der Waals surface area contributed by atoms with Gasteiger partial charge >= 0.3 is 0 Å². The topological polar surface area (TPSA) is 58.6 Å². The van der Waals surface area contributed by atoms with Crippen LogP contribution in [0.4, 0.5) is 0 Å².